The van der Waals surface area contributed by atoms with Gasteiger partial charge in [0.15, 0.2) is 0 Å². The third kappa shape index (κ3) is 2.62. The molecule has 1 unspecified atom stereocenters. The second kappa shape index (κ2) is 5.54. The molecule has 2 N–H and O–H groups in total. The summed E-state index contributed by atoms with van der Waals surface area (Å²) in [7, 11) is 1.53. The van der Waals surface area contributed by atoms with Gasteiger partial charge in [-0.25, -0.2) is 9.97 Å². The highest BCUT2D eigenvalue weighted by Gasteiger charge is 2.16. The van der Waals surface area contributed by atoms with E-state index in [4.69, 9.17) is 15.0 Å². The minimum Gasteiger partial charge on any atom is -0.481 e. The molecule has 0 aliphatic heterocycles. The van der Waals surface area contributed by atoms with E-state index < -0.39 is 0 Å². The molecule has 2 aromatic heterocycles. The van der Waals surface area contributed by atoms with Gasteiger partial charge < -0.3 is 15.0 Å². The first-order valence-corrected chi connectivity index (χ1v) is 5.70. The van der Waals surface area contributed by atoms with Crippen molar-refractivity contribution in [1.29, 1.82) is 0 Å². The molecule has 0 aromatic carbocycles. The van der Waals surface area contributed by atoms with Crippen molar-refractivity contribution < 1.29 is 9.26 Å². The van der Waals surface area contributed by atoms with Crippen LogP contribution >= 0.6 is 0 Å². The number of aromatic nitrogens is 4. The molecule has 0 aliphatic rings. The fourth-order valence-corrected chi connectivity index (χ4v) is 1.50. The minimum atomic E-state index is -0.236. The summed E-state index contributed by atoms with van der Waals surface area (Å²) < 4.78 is 10.1. The molecular weight excluding hydrogens is 234 g/mol. The lowest BCUT2D eigenvalue weighted by atomic mass is 10.2. The van der Waals surface area contributed by atoms with Crippen LogP contribution in [0, 0.1) is 0 Å². The van der Waals surface area contributed by atoms with Crippen LogP contribution in [-0.2, 0) is 0 Å². The van der Waals surface area contributed by atoms with Crippen LogP contribution in [0.2, 0.25) is 0 Å². The summed E-state index contributed by atoms with van der Waals surface area (Å²) >= 11 is 0. The van der Waals surface area contributed by atoms with Crippen LogP contribution in [0.3, 0.4) is 0 Å². The molecule has 0 saturated carbocycles. The van der Waals surface area contributed by atoms with Gasteiger partial charge in [-0.05, 0) is 6.42 Å². The lowest BCUT2D eigenvalue weighted by molar-refractivity contribution is 0.348. The average Bonchev–Trinajstić information content (AvgIpc) is 2.89. The third-order valence-electron chi connectivity index (χ3n) is 2.44. The number of hydrogen-bond donors (Lipinski definition) is 1. The van der Waals surface area contributed by atoms with Crippen molar-refractivity contribution in [2.24, 2.45) is 5.73 Å². The van der Waals surface area contributed by atoms with Gasteiger partial charge in [-0.3, -0.25) is 0 Å². The van der Waals surface area contributed by atoms with E-state index in [1.165, 1.54) is 13.4 Å². The lowest BCUT2D eigenvalue weighted by Crippen LogP contribution is -2.09. The van der Waals surface area contributed by atoms with Crippen LogP contribution in [0.4, 0.5) is 0 Å². The fraction of sp³-hybridized carbons (Fsp3) is 0.455. The third-order valence-corrected chi connectivity index (χ3v) is 2.44. The minimum absolute atomic E-state index is 0.236. The normalized spacial score (nSPS) is 12.4. The lowest BCUT2D eigenvalue weighted by Gasteiger charge is -2.02. The molecule has 7 nitrogen and oxygen atoms in total. The molecule has 1 atom stereocenters. The summed E-state index contributed by atoms with van der Waals surface area (Å²) in [6.45, 7) is 2.05. The zero-order valence-electron chi connectivity index (χ0n) is 10.3. The Hall–Kier alpha value is -2.02. The molecule has 2 heterocycles. The van der Waals surface area contributed by atoms with Crippen LogP contribution in [0.25, 0.3) is 11.5 Å². The maximum atomic E-state index is 5.90. The number of ether oxygens (including phenoxy) is 1. The molecule has 2 rings (SSSR count). The second-order valence-electron chi connectivity index (χ2n) is 3.80. The quantitative estimate of drug-likeness (QED) is 0.853. The zero-order chi connectivity index (χ0) is 13.0. The van der Waals surface area contributed by atoms with Crippen LogP contribution in [0.5, 0.6) is 5.88 Å². The molecular formula is C11H15N5O2. The van der Waals surface area contributed by atoms with Crippen LogP contribution < -0.4 is 10.5 Å². The monoisotopic (exact) mass is 249 g/mol. The van der Waals surface area contributed by atoms with Crippen molar-refractivity contribution in [3.05, 3.63) is 18.3 Å². The first kappa shape index (κ1) is 12.4. The Morgan fingerprint density at radius 3 is 3.00 bits per heavy atom. The average molecular weight is 249 g/mol. The van der Waals surface area contributed by atoms with Gasteiger partial charge in [0.05, 0.1) is 13.2 Å². The summed E-state index contributed by atoms with van der Waals surface area (Å²) in [5.74, 6) is 1.26. The summed E-state index contributed by atoms with van der Waals surface area (Å²) in [6.07, 6.45) is 3.14. The molecule has 0 amide bonds. The van der Waals surface area contributed by atoms with E-state index in [1.54, 1.807) is 6.07 Å². The number of nitrogens with two attached hydrogens (primary N) is 1. The van der Waals surface area contributed by atoms with Crippen molar-refractivity contribution in [2.45, 2.75) is 25.8 Å². The summed E-state index contributed by atoms with van der Waals surface area (Å²) in [5.41, 5.74) is 6.44. The molecule has 96 valence electrons. The topological polar surface area (TPSA) is 100.0 Å². The molecule has 0 spiro atoms. The van der Waals surface area contributed by atoms with E-state index in [0.29, 0.717) is 23.3 Å². The van der Waals surface area contributed by atoms with E-state index in [9.17, 15) is 0 Å². The molecule has 0 bridgehead atoms. The predicted molar refractivity (Wildman–Crippen MR) is 63.7 cm³/mol. The van der Waals surface area contributed by atoms with Gasteiger partial charge in [0.2, 0.25) is 17.6 Å². The van der Waals surface area contributed by atoms with Crippen molar-refractivity contribution >= 4 is 0 Å². The van der Waals surface area contributed by atoms with Gasteiger partial charge in [0.1, 0.15) is 12.0 Å². The summed E-state index contributed by atoms with van der Waals surface area (Å²) in [4.78, 5) is 12.2. The number of methoxy groups -OCH3 is 1. The van der Waals surface area contributed by atoms with Gasteiger partial charge in [-0.2, -0.15) is 4.98 Å². The second-order valence-corrected chi connectivity index (χ2v) is 3.80. The molecule has 0 saturated heterocycles. The largest absolute Gasteiger partial charge is 0.481 e. The van der Waals surface area contributed by atoms with Crippen LogP contribution in [0.15, 0.2) is 16.9 Å². The molecule has 7 heteroatoms. The van der Waals surface area contributed by atoms with Gasteiger partial charge in [0.25, 0.3) is 0 Å². The number of nitrogens with zero attached hydrogens (tertiary/aromatic N) is 4. The van der Waals surface area contributed by atoms with E-state index in [-0.39, 0.29) is 6.04 Å². The Morgan fingerprint density at radius 2 is 2.28 bits per heavy atom. The molecule has 0 fully saturated rings. The molecule has 2 aromatic rings. The highest BCUT2D eigenvalue weighted by Crippen LogP contribution is 2.19. The predicted octanol–water partition coefficient (Wildman–Crippen LogP) is 1.34. The zero-order valence-corrected chi connectivity index (χ0v) is 10.3. The van der Waals surface area contributed by atoms with Crippen LogP contribution in [-0.4, -0.2) is 27.2 Å². The highest BCUT2D eigenvalue weighted by molar-refractivity contribution is 5.49. The van der Waals surface area contributed by atoms with Gasteiger partial charge >= 0.3 is 0 Å². The van der Waals surface area contributed by atoms with Crippen molar-refractivity contribution in [1.82, 2.24) is 20.1 Å². The maximum Gasteiger partial charge on any atom is 0.243 e. The Morgan fingerprint density at radius 1 is 1.44 bits per heavy atom. The first-order chi connectivity index (χ1) is 8.74. The molecule has 18 heavy (non-hydrogen) atoms. The molecule has 0 aliphatic carbocycles. The number of hydrogen-bond acceptors (Lipinski definition) is 7. The van der Waals surface area contributed by atoms with Crippen LogP contribution in [0.1, 0.15) is 31.7 Å². The smallest absolute Gasteiger partial charge is 0.243 e. The van der Waals surface area contributed by atoms with E-state index >= 15 is 0 Å². The van der Waals surface area contributed by atoms with E-state index in [0.717, 1.165) is 12.8 Å². The summed E-state index contributed by atoms with van der Waals surface area (Å²) in [6, 6.07) is 1.40. The van der Waals surface area contributed by atoms with Gasteiger partial charge in [-0.15, -0.1) is 0 Å². The fourth-order valence-electron chi connectivity index (χ4n) is 1.50. The van der Waals surface area contributed by atoms with Crippen molar-refractivity contribution in [2.75, 3.05) is 7.11 Å². The molecule has 0 radical (unpaired) electrons. The Bertz CT molecular complexity index is 514. The Balaban J connectivity index is 2.23. The Labute approximate surface area is 104 Å². The SMILES string of the molecule is CCCC(N)c1nc(-c2cc(OC)ncn2)no1. The Kier molecular flexibility index (Phi) is 3.83. The number of rotatable bonds is 5. The van der Waals surface area contributed by atoms with Gasteiger partial charge in [-0.1, -0.05) is 18.5 Å². The van der Waals surface area contributed by atoms with Crippen molar-refractivity contribution in [3.63, 3.8) is 0 Å². The standard InChI is InChI=1S/C11H15N5O2/c1-3-4-7(12)11-15-10(16-18-11)8-5-9(17-2)14-6-13-8/h5-7H,3-4,12H2,1-2H3. The van der Waals surface area contributed by atoms with E-state index in [2.05, 4.69) is 20.1 Å². The maximum absolute atomic E-state index is 5.90. The highest BCUT2D eigenvalue weighted by atomic mass is 16.5. The first-order valence-electron chi connectivity index (χ1n) is 5.70. The van der Waals surface area contributed by atoms with Crippen molar-refractivity contribution in [3.8, 4) is 17.4 Å². The van der Waals surface area contributed by atoms with Gasteiger partial charge in [0, 0.05) is 6.07 Å². The summed E-state index contributed by atoms with van der Waals surface area (Å²) in [5, 5.41) is 3.85. The van der Waals surface area contributed by atoms with E-state index in [1.807, 2.05) is 6.92 Å².